The van der Waals surface area contributed by atoms with E-state index in [0.717, 1.165) is 25.7 Å². The van der Waals surface area contributed by atoms with Crippen molar-refractivity contribution >= 4 is 5.97 Å². The van der Waals surface area contributed by atoms with Crippen molar-refractivity contribution in [2.75, 3.05) is 0 Å². The first-order valence-electron chi connectivity index (χ1n) is 9.56. The molecule has 0 heterocycles. The highest BCUT2D eigenvalue weighted by molar-refractivity contribution is 5.69. The van der Waals surface area contributed by atoms with Crippen LogP contribution in [0.25, 0.3) is 0 Å². The third-order valence-corrected chi connectivity index (χ3v) is 4.41. The first kappa shape index (κ1) is 23.4. The van der Waals surface area contributed by atoms with E-state index in [1.165, 1.54) is 32.1 Å². The second-order valence-electron chi connectivity index (χ2n) is 6.64. The van der Waals surface area contributed by atoms with Crippen LogP contribution in [-0.2, 0) is 16.1 Å². The van der Waals surface area contributed by atoms with Crippen molar-refractivity contribution in [3.05, 3.63) is 34.6 Å². The van der Waals surface area contributed by atoms with E-state index in [4.69, 9.17) is 0 Å². The van der Waals surface area contributed by atoms with Crippen LogP contribution in [0.4, 0.5) is 22.0 Å². The Morgan fingerprint density at radius 3 is 1.56 bits per heavy atom. The molecule has 1 aromatic rings. The summed E-state index contributed by atoms with van der Waals surface area (Å²) >= 11 is 0. The Kier molecular flexibility index (Phi) is 11.0. The number of esters is 1. The quantitative estimate of drug-likeness (QED) is 0.122. The van der Waals surface area contributed by atoms with Gasteiger partial charge in [0.2, 0.25) is 5.82 Å². The third kappa shape index (κ3) is 7.85. The normalized spacial score (nSPS) is 11.0. The van der Waals surface area contributed by atoms with Gasteiger partial charge in [0, 0.05) is 6.42 Å². The summed E-state index contributed by atoms with van der Waals surface area (Å²) < 4.78 is 70.6. The molecule has 154 valence electrons. The van der Waals surface area contributed by atoms with Gasteiger partial charge in [0.25, 0.3) is 0 Å². The van der Waals surface area contributed by atoms with Crippen molar-refractivity contribution in [3.63, 3.8) is 0 Å². The highest BCUT2D eigenvalue weighted by Gasteiger charge is 2.26. The number of hydrogen-bond acceptors (Lipinski definition) is 2. The SMILES string of the molecule is CCCCCCCCCCCCC(=O)OCc1c(F)c(F)c(F)c(F)c1F. The van der Waals surface area contributed by atoms with Gasteiger partial charge < -0.3 is 4.74 Å². The lowest BCUT2D eigenvalue weighted by Crippen LogP contribution is -2.11. The largest absolute Gasteiger partial charge is 0.461 e. The van der Waals surface area contributed by atoms with Gasteiger partial charge >= 0.3 is 5.97 Å². The minimum atomic E-state index is -2.23. The molecule has 7 heteroatoms. The predicted octanol–water partition coefficient (Wildman–Crippen LogP) is 6.74. The van der Waals surface area contributed by atoms with Crippen molar-refractivity contribution in [2.24, 2.45) is 0 Å². The van der Waals surface area contributed by atoms with E-state index < -0.39 is 47.2 Å². The summed E-state index contributed by atoms with van der Waals surface area (Å²) in [5, 5.41) is 0. The summed E-state index contributed by atoms with van der Waals surface area (Å²) in [7, 11) is 0. The molecule has 27 heavy (non-hydrogen) atoms. The van der Waals surface area contributed by atoms with Gasteiger partial charge in [-0.1, -0.05) is 64.7 Å². The van der Waals surface area contributed by atoms with Crippen LogP contribution in [0.3, 0.4) is 0 Å². The van der Waals surface area contributed by atoms with E-state index in [1.54, 1.807) is 0 Å². The molecule has 0 aliphatic rings. The monoisotopic (exact) mass is 394 g/mol. The summed E-state index contributed by atoms with van der Waals surface area (Å²) in [4.78, 5) is 11.6. The predicted molar refractivity (Wildman–Crippen MR) is 92.5 cm³/mol. The first-order valence-corrected chi connectivity index (χ1v) is 9.56. The molecule has 0 aromatic heterocycles. The van der Waals surface area contributed by atoms with Crippen molar-refractivity contribution < 1.29 is 31.5 Å². The van der Waals surface area contributed by atoms with E-state index >= 15 is 0 Å². The maximum atomic E-state index is 13.5. The zero-order valence-corrected chi connectivity index (χ0v) is 15.7. The molecule has 0 saturated carbocycles. The van der Waals surface area contributed by atoms with Crippen molar-refractivity contribution in [3.8, 4) is 0 Å². The minimum absolute atomic E-state index is 0.0475. The van der Waals surface area contributed by atoms with Gasteiger partial charge in [0.15, 0.2) is 23.3 Å². The number of rotatable bonds is 13. The summed E-state index contributed by atoms with van der Waals surface area (Å²) in [6.07, 6.45) is 10.9. The molecular weight excluding hydrogens is 367 g/mol. The average Bonchev–Trinajstić information content (AvgIpc) is 2.66. The summed E-state index contributed by atoms with van der Waals surface area (Å²) in [6.45, 7) is 1.19. The Bertz CT molecular complexity index is 576. The number of halogens is 5. The molecule has 0 fully saturated rings. The molecule has 2 nitrogen and oxygen atoms in total. The van der Waals surface area contributed by atoms with E-state index in [0.29, 0.717) is 6.42 Å². The Morgan fingerprint density at radius 1 is 0.667 bits per heavy atom. The van der Waals surface area contributed by atoms with Crippen LogP contribution in [0.5, 0.6) is 0 Å². The van der Waals surface area contributed by atoms with Gasteiger partial charge in [-0.05, 0) is 6.42 Å². The van der Waals surface area contributed by atoms with Gasteiger partial charge in [0.05, 0.1) is 5.56 Å². The van der Waals surface area contributed by atoms with E-state index in [1.807, 2.05) is 0 Å². The summed E-state index contributed by atoms with van der Waals surface area (Å²) in [5.74, 6) is -11.0. The minimum Gasteiger partial charge on any atom is -0.461 e. The third-order valence-electron chi connectivity index (χ3n) is 4.41. The summed E-state index contributed by atoms with van der Waals surface area (Å²) in [5.41, 5.74) is -1.14. The van der Waals surface area contributed by atoms with Crippen molar-refractivity contribution in [1.82, 2.24) is 0 Å². The second-order valence-corrected chi connectivity index (χ2v) is 6.64. The Labute approximate surface area is 157 Å². The molecular formula is C20H27F5O2. The summed E-state index contributed by atoms with van der Waals surface area (Å²) in [6, 6.07) is 0. The molecule has 0 saturated heterocycles. The maximum absolute atomic E-state index is 13.5. The number of benzene rings is 1. The van der Waals surface area contributed by atoms with Gasteiger partial charge in [0.1, 0.15) is 6.61 Å². The lowest BCUT2D eigenvalue weighted by Gasteiger charge is -2.09. The fraction of sp³-hybridized carbons (Fsp3) is 0.650. The number of unbranched alkanes of at least 4 members (excludes halogenated alkanes) is 9. The Hall–Kier alpha value is -1.66. The average molecular weight is 394 g/mol. The van der Waals surface area contributed by atoms with E-state index in [2.05, 4.69) is 11.7 Å². The van der Waals surface area contributed by atoms with Gasteiger partial charge in [-0.25, -0.2) is 22.0 Å². The van der Waals surface area contributed by atoms with Crippen LogP contribution in [0, 0.1) is 29.1 Å². The lowest BCUT2D eigenvalue weighted by molar-refractivity contribution is -0.145. The molecule has 0 aliphatic carbocycles. The first-order chi connectivity index (χ1) is 12.9. The molecule has 0 unspecified atom stereocenters. The van der Waals surface area contributed by atoms with Crippen molar-refractivity contribution in [1.29, 1.82) is 0 Å². The van der Waals surface area contributed by atoms with Gasteiger partial charge in [-0.3, -0.25) is 4.79 Å². The zero-order valence-electron chi connectivity index (χ0n) is 15.7. The Balaban J connectivity index is 2.22. The molecule has 0 spiro atoms. The highest BCUT2D eigenvalue weighted by Crippen LogP contribution is 2.23. The van der Waals surface area contributed by atoms with Crippen LogP contribution < -0.4 is 0 Å². The Morgan fingerprint density at radius 2 is 1.07 bits per heavy atom. The topological polar surface area (TPSA) is 26.3 Å². The fourth-order valence-electron chi connectivity index (χ4n) is 2.76. The number of ether oxygens (including phenoxy) is 1. The molecule has 0 amide bonds. The van der Waals surface area contributed by atoms with Gasteiger partial charge in [-0.15, -0.1) is 0 Å². The van der Waals surface area contributed by atoms with Crippen LogP contribution in [-0.4, -0.2) is 5.97 Å². The fourth-order valence-corrected chi connectivity index (χ4v) is 2.76. The smallest absolute Gasteiger partial charge is 0.306 e. The lowest BCUT2D eigenvalue weighted by atomic mass is 10.1. The highest BCUT2D eigenvalue weighted by atomic mass is 19.2. The maximum Gasteiger partial charge on any atom is 0.306 e. The molecule has 0 N–H and O–H groups in total. The second kappa shape index (κ2) is 12.7. The molecule has 0 atom stereocenters. The van der Waals surface area contributed by atoms with Crippen LogP contribution in [0.15, 0.2) is 0 Å². The van der Waals surface area contributed by atoms with Crippen molar-refractivity contribution in [2.45, 2.75) is 84.2 Å². The van der Waals surface area contributed by atoms with Crippen LogP contribution in [0.2, 0.25) is 0 Å². The molecule has 0 bridgehead atoms. The van der Waals surface area contributed by atoms with Crippen LogP contribution >= 0.6 is 0 Å². The van der Waals surface area contributed by atoms with E-state index in [-0.39, 0.29) is 6.42 Å². The molecule has 0 aliphatic heterocycles. The van der Waals surface area contributed by atoms with Gasteiger partial charge in [-0.2, -0.15) is 0 Å². The van der Waals surface area contributed by atoms with Crippen LogP contribution in [0.1, 0.15) is 83.1 Å². The zero-order chi connectivity index (χ0) is 20.2. The molecule has 1 aromatic carbocycles. The number of hydrogen-bond donors (Lipinski definition) is 0. The molecule has 0 radical (unpaired) electrons. The molecule has 1 rings (SSSR count). The number of carbonyl (C=O) groups is 1. The number of carbonyl (C=O) groups excluding carboxylic acids is 1. The standard InChI is InChI=1S/C20H27F5O2/c1-2-3-4-5-6-7-8-9-10-11-12-15(26)27-13-14-16(21)18(23)20(25)19(24)17(14)22/h2-13H2,1H3. The van der Waals surface area contributed by atoms with E-state index in [9.17, 15) is 26.7 Å².